The highest BCUT2D eigenvalue weighted by atomic mass is 35.5. The summed E-state index contributed by atoms with van der Waals surface area (Å²) in [6.45, 7) is 1.47. The van der Waals surface area contributed by atoms with Gasteiger partial charge in [0.25, 0.3) is 5.91 Å². The van der Waals surface area contributed by atoms with Crippen LogP contribution in [0.2, 0.25) is 5.02 Å². The van der Waals surface area contributed by atoms with Crippen molar-refractivity contribution in [1.82, 2.24) is 4.98 Å². The molecular weight excluding hydrogens is 320 g/mol. The lowest BCUT2D eigenvalue weighted by molar-refractivity contribution is -0.152. The average Bonchev–Trinajstić information content (AvgIpc) is 2.51. The fourth-order valence-electron chi connectivity index (χ4n) is 1.75. The Labute approximate surface area is 138 Å². The second-order valence-electron chi connectivity index (χ2n) is 4.83. The summed E-state index contributed by atoms with van der Waals surface area (Å²) in [7, 11) is 0. The number of halogens is 1. The van der Waals surface area contributed by atoms with Crippen LogP contribution in [0.3, 0.4) is 0 Å². The van der Waals surface area contributed by atoms with Gasteiger partial charge < -0.3 is 15.2 Å². The second kappa shape index (κ2) is 7.60. The van der Waals surface area contributed by atoms with Gasteiger partial charge in [0.15, 0.2) is 6.10 Å². The van der Waals surface area contributed by atoms with E-state index in [1.54, 1.807) is 24.3 Å². The van der Waals surface area contributed by atoms with E-state index in [0.717, 1.165) is 0 Å². The van der Waals surface area contributed by atoms with Crippen molar-refractivity contribution in [3.63, 3.8) is 0 Å². The number of hydrogen-bond donors (Lipinski definition) is 2. The van der Waals surface area contributed by atoms with E-state index in [1.165, 1.54) is 25.3 Å². The Morgan fingerprint density at radius 3 is 2.57 bits per heavy atom. The second-order valence-corrected chi connectivity index (χ2v) is 5.26. The first-order chi connectivity index (χ1) is 10.9. The molecule has 1 heterocycles. The average molecular weight is 335 g/mol. The molecule has 0 fully saturated rings. The van der Waals surface area contributed by atoms with Gasteiger partial charge in [-0.1, -0.05) is 23.7 Å². The molecule has 1 amide bonds. The number of benzene rings is 1. The molecule has 0 spiro atoms. The molecule has 0 saturated heterocycles. The molecule has 7 heteroatoms. The molecule has 1 aromatic carbocycles. The number of anilines is 1. The first-order valence-corrected chi connectivity index (χ1v) is 7.21. The Kier molecular flexibility index (Phi) is 5.54. The highest BCUT2D eigenvalue weighted by Gasteiger charge is 2.18. The van der Waals surface area contributed by atoms with Gasteiger partial charge in [0.1, 0.15) is 11.6 Å². The molecule has 0 radical (unpaired) electrons. The predicted octanol–water partition coefficient (Wildman–Crippen LogP) is 2.55. The summed E-state index contributed by atoms with van der Waals surface area (Å²) in [5.41, 5.74) is 0.680. The summed E-state index contributed by atoms with van der Waals surface area (Å²) >= 11 is 5.71. The number of nitrogens with zero attached hydrogens (tertiary/aromatic N) is 1. The molecule has 120 valence electrons. The van der Waals surface area contributed by atoms with Crippen molar-refractivity contribution >= 4 is 29.3 Å². The van der Waals surface area contributed by atoms with Crippen molar-refractivity contribution < 1.29 is 19.4 Å². The lowest BCUT2D eigenvalue weighted by atomic mass is 10.1. The van der Waals surface area contributed by atoms with Gasteiger partial charge in [-0.15, -0.1) is 0 Å². The molecule has 0 aliphatic carbocycles. The number of carbonyl (C=O) groups is 2. The van der Waals surface area contributed by atoms with E-state index in [2.05, 4.69) is 10.3 Å². The van der Waals surface area contributed by atoms with E-state index < -0.39 is 18.0 Å². The summed E-state index contributed by atoms with van der Waals surface area (Å²) in [6, 6.07) is 9.31. The zero-order valence-corrected chi connectivity index (χ0v) is 13.1. The molecule has 2 rings (SSSR count). The van der Waals surface area contributed by atoms with E-state index in [4.69, 9.17) is 16.3 Å². The third kappa shape index (κ3) is 5.27. The number of esters is 1. The van der Waals surface area contributed by atoms with Crippen LogP contribution in [0.1, 0.15) is 12.5 Å². The Balaban J connectivity index is 1.86. The van der Waals surface area contributed by atoms with Crippen molar-refractivity contribution in [1.29, 1.82) is 0 Å². The topological polar surface area (TPSA) is 88.5 Å². The van der Waals surface area contributed by atoms with E-state index in [9.17, 15) is 14.7 Å². The molecule has 23 heavy (non-hydrogen) atoms. The molecule has 0 aliphatic rings. The van der Waals surface area contributed by atoms with Crippen LogP contribution in [0.4, 0.5) is 5.82 Å². The number of hydrogen-bond acceptors (Lipinski definition) is 5. The lowest BCUT2D eigenvalue weighted by Gasteiger charge is -2.13. The molecule has 0 bridgehead atoms. The number of aromatic nitrogens is 1. The summed E-state index contributed by atoms with van der Waals surface area (Å²) in [5, 5.41) is 12.2. The van der Waals surface area contributed by atoms with Gasteiger partial charge in [0, 0.05) is 6.20 Å². The Morgan fingerprint density at radius 2 is 1.96 bits per heavy atom. The zero-order valence-electron chi connectivity index (χ0n) is 12.3. The highest BCUT2D eigenvalue weighted by Crippen LogP contribution is 2.12. The molecule has 0 aliphatic heterocycles. The number of ether oxygens (including phenoxy) is 1. The molecular formula is C16H15ClN2O4. The van der Waals surface area contributed by atoms with E-state index >= 15 is 0 Å². The maximum atomic E-state index is 11.9. The predicted molar refractivity (Wildman–Crippen MR) is 85.2 cm³/mol. The maximum absolute atomic E-state index is 11.9. The Hall–Kier alpha value is -2.60. The van der Waals surface area contributed by atoms with Crippen molar-refractivity contribution in [3.8, 4) is 5.75 Å². The van der Waals surface area contributed by atoms with Crippen LogP contribution in [-0.2, 0) is 20.7 Å². The van der Waals surface area contributed by atoms with E-state index in [0.29, 0.717) is 16.4 Å². The summed E-state index contributed by atoms with van der Waals surface area (Å²) < 4.78 is 5.07. The van der Waals surface area contributed by atoms with Crippen LogP contribution in [0.5, 0.6) is 5.75 Å². The van der Waals surface area contributed by atoms with Gasteiger partial charge in [0.2, 0.25) is 0 Å². The molecule has 2 N–H and O–H groups in total. The molecule has 0 saturated carbocycles. The minimum Gasteiger partial charge on any atom is -0.508 e. The number of phenols is 1. The number of pyridine rings is 1. The SMILES string of the molecule is C[C@H](OC(=O)Cc1ccc(O)cc1)C(=O)Nc1ccc(Cl)cn1. The minimum absolute atomic E-state index is 0.0110. The van der Waals surface area contributed by atoms with Crippen molar-refractivity contribution in [3.05, 3.63) is 53.2 Å². The number of nitrogens with one attached hydrogen (secondary N) is 1. The van der Waals surface area contributed by atoms with Crippen LogP contribution >= 0.6 is 11.6 Å². The van der Waals surface area contributed by atoms with Gasteiger partial charge in [-0.2, -0.15) is 0 Å². The quantitative estimate of drug-likeness (QED) is 0.820. The van der Waals surface area contributed by atoms with Gasteiger partial charge >= 0.3 is 5.97 Å². The largest absolute Gasteiger partial charge is 0.508 e. The number of amides is 1. The monoisotopic (exact) mass is 334 g/mol. The Bertz CT molecular complexity index is 686. The first kappa shape index (κ1) is 16.8. The molecule has 1 aromatic heterocycles. The third-order valence-corrected chi connectivity index (χ3v) is 3.16. The smallest absolute Gasteiger partial charge is 0.311 e. The van der Waals surface area contributed by atoms with E-state index in [-0.39, 0.29) is 12.2 Å². The third-order valence-electron chi connectivity index (χ3n) is 2.94. The fraction of sp³-hybridized carbons (Fsp3) is 0.188. The maximum Gasteiger partial charge on any atom is 0.311 e. The molecule has 1 atom stereocenters. The van der Waals surface area contributed by atoms with Crippen LogP contribution in [0, 0.1) is 0 Å². The minimum atomic E-state index is -0.961. The van der Waals surface area contributed by atoms with Crippen LogP contribution in [0.15, 0.2) is 42.6 Å². The van der Waals surface area contributed by atoms with Gasteiger partial charge in [0.05, 0.1) is 11.4 Å². The lowest BCUT2D eigenvalue weighted by Crippen LogP contribution is -2.30. The van der Waals surface area contributed by atoms with Crippen molar-refractivity contribution in [2.75, 3.05) is 5.32 Å². The summed E-state index contributed by atoms with van der Waals surface area (Å²) in [4.78, 5) is 27.7. The standard InChI is InChI=1S/C16H15ClN2O4/c1-10(16(22)19-14-7-4-12(17)9-18-14)23-15(21)8-11-2-5-13(20)6-3-11/h2-7,9-10,20H,8H2,1H3,(H,18,19,22)/t10-/m0/s1. The van der Waals surface area contributed by atoms with Crippen molar-refractivity contribution in [2.24, 2.45) is 0 Å². The summed E-state index contributed by atoms with van der Waals surface area (Å²) in [6.07, 6.45) is 0.451. The number of aromatic hydroxyl groups is 1. The van der Waals surface area contributed by atoms with Gasteiger partial charge in [-0.25, -0.2) is 4.98 Å². The highest BCUT2D eigenvalue weighted by molar-refractivity contribution is 6.30. The Morgan fingerprint density at radius 1 is 1.26 bits per heavy atom. The molecule has 6 nitrogen and oxygen atoms in total. The van der Waals surface area contributed by atoms with Crippen LogP contribution in [-0.4, -0.2) is 28.1 Å². The first-order valence-electron chi connectivity index (χ1n) is 6.84. The van der Waals surface area contributed by atoms with Crippen LogP contribution in [0.25, 0.3) is 0 Å². The normalized spacial score (nSPS) is 11.6. The van der Waals surface area contributed by atoms with Crippen LogP contribution < -0.4 is 5.32 Å². The zero-order chi connectivity index (χ0) is 16.8. The molecule has 2 aromatic rings. The number of phenolic OH excluding ortho intramolecular Hbond substituents is 1. The van der Waals surface area contributed by atoms with Gasteiger partial charge in [-0.3, -0.25) is 9.59 Å². The molecule has 0 unspecified atom stereocenters. The number of rotatable bonds is 5. The summed E-state index contributed by atoms with van der Waals surface area (Å²) in [5.74, 6) is -0.590. The van der Waals surface area contributed by atoms with Crippen molar-refractivity contribution in [2.45, 2.75) is 19.4 Å². The number of carbonyl (C=O) groups excluding carboxylic acids is 2. The van der Waals surface area contributed by atoms with Gasteiger partial charge in [-0.05, 0) is 36.8 Å². The fourth-order valence-corrected chi connectivity index (χ4v) is 1.86. The van der Waals surface area contributed by atoms with E-state index in [1.807, 2.05) is 0 Å².